The van der Waals surface area contributed by atoms with E-state index in [4.69, 9.17) is 9.84 Å². The van der Waals surface area contributed by atoms with Crippen molar-refractivity contribution in [2.24, 2.45) is 0 Å². The van der Waals surface area contributed by atoms with Gasteiger partial charge in [0.15, 0.2) is 0 Å². The van der Waals surface area contributed by atoms with Crippen LogP contribution in [0.4, 0.5) is 0 Å². The van der Waals surface area contributed by atoms with Gasteiger partial charge >= 0.3 is 0 Å². The maximum absolute atomic E-state index is 11.4. The van der Waals surface area contributed by atoms with E-state index in [9.17, 15) is 4.79 Å². The van der Waals surface area contributed by atoms with Crippen LogP contribution in [0.3, 0.4) is 0 Å². The Morgan fingerprint density at radius 3 is 3.00 bits per heavy atom. The second-order valence-electron chi connectivity index (χ2n) is 3.92. The normalized spacial score (nSPS) is 9.65. The zero-order chi connectivity index (χ0) is 14.2. The lowest BCUT2D eigenvalue weighted by molar-refractivity contribution is 0.287. The van der Waals surface area contributed by atoms with Crippen LogP contribution in [0.2, 0.25) is 0 Å². The van der Waals surface area contributed by atoms with E-state index in [2.05, 4.69) is 16.9 Å². The van der Waals surface area contributed by atoms with Crippen LogP contribution in [-0.4, -0.2) is 28.1 Å². The molecule has 1 aromatic carbocycles. The molecule has 0 aliphatic carbocycles. The van der Waals surface area contributed by atoms with Crippen LogP contribution in [0.25, 0.3) is 0 Å². The maximum atomic E-state index is 11.4. The quantitative estimate of drug-likeness (QED) is 0.829. The smallest absolute Gasteiger partial charge is 0.266 e. The Bertz CT molecular complexity index is 683. The molecule has 1 aromatic heterocycles. The second kappa shape index (κ2) is 7.12. The van der Waals surface area contributed by atoms with Gasteiger partial charge in [-0.3, -0.25) is 4.79 Å². The van der Waals surface area contributed by atoms with E-state index in [0.717, 1.165) is 5.56 Å². The summed E-state index contributed by atoms with van der Waals surface area (Å²) in [7, 11) is 0. The Morgan fingerprint density at radius 2 is 2.20 bits per heavy atom. The summed E-state index contributed by atoms with van der Waals surface area (Å²) in [5, 5.41) is 12.6. The number of aliphatic hydroxyl groups excluding tert-OH is 1. The number of rotatable bonds is 4. The van der Waals surface area contributed by atoms with Gasteiger partial charge in [0.2, 0.25) is 0 Å². The highest BCUT2D eigenvalue weighted by Crippen LogP contribution is 2.12. The van der Waals surface area contributed by atoms with Crippen LogP contribution in [0.5, 0.6) is 5.75 Å². The van der Waals surface area contributed by atoms with Crippen molar-refractivity contribution in [1.29, 1.82) is 0 Å². The fraction of sp³-hybridized carbons (Fsp3) is 0.200. The third kappa shape index (κ3) is 3.97. The number of hydrogen-bond donors (Lipinski definition) is 1. The van der Waals surface area contributed by atoms with Crippen molar-refractivity contribution in [2.75, 3.05) is 13.2 Å². The zero-order valence-corrected chi connectivity index (χ0v) is 10.8. The molecule has 2 rings (SSSR count). The number of hydrogen-bond acceptors (Lipinski definition) is 4. The Hall–Kier alpha value is -2.58. The lowest BCUT2D eigenvalue weighted by atomic mass is 10.2. The Labute approximate surface area is 116 Å². The fourth-order valence-corrected chi connectivity index (χ4v) is 1.61. The number of aliphatic hydroxyl groups is 1. The average molecular weight is 270 g/mol. The van der Waals surface area contributed by atoms with Crippen LogP contribution in [0.1, 0.15) is 5.56 Å². The molecule has 0 saturated carbocycles. The molecule has 102 valence electrons. The summed E-state index contributed by atoms with van der Waals surface area (Å²) in [6.07, 6.45) is 1.56. The number of aromatic nitrogens is 2. The van der Waals surface area contributed by atoms with Crippen LogP contribution >= 0.6 is 0 Å². The van der Waals surface area contributed by atoms with Crippen LogP contribution in [0, 0.1) is 11.8 Å². The molecular weight excluding hydrogens is 256 g/mol. The first-order valence-corrected chi connectivity index (χ1v) is 6.14. The minimum absolute atomic E-state index is 0.154. The van der Waals surface area contributed by atoms with Gasteiger partial charge in [0.05, 0.1) is 6.54 Å². The first-order chi connectivity index (χ1) is 9.79. The van der Waals surface area contributed by atoms with E-state index in [1.54, 1.807) is 18.3 Å². The third-order valence-corrected chi connectivity index (χ3v) is 2.50. The summed E-state index contributed by atoms with van der Waals surface area (Å²) in [5.74, 6) is 6.05. The molecule has 0 fully saturated rings. The number of nitrogens with zero attached hydrogens (tertiary/aromatic N) is 2. The van der Waals surface area contributed by atoms with E-state index in [1.807, 2.05) is 18.2 Å². The summed E-state index contributed by atoms with van der Waals surface area (Å²) < 4.78 is 6.90. The molecule has 0 amide bonds. The number of benzene rings is 1. The molecule has 0 bridgehead atoms. The molecule has 1 heterocycles. The van der Waals surface area contributed by atoms with Crippen molar-refractivity contribution in [2.45, 2.75) is 6.54 Å². The Kier molecular flexibility index (Phi) is 4.93. The highest BCUT2D eigenvalue weighted by Gasteiger charge is 1.98. The molecule has 0 atom stereocenters. The molecule has 0 saturated heterocycles. The van der Waals surface area contributed by atoms with Gasteiger partial charge in [0.25, 0.3) is 5.56 Å². The Balaban J connectivity index is 1.94. The molecule has 0 aliphatic heterocycles. The highest BCUT2D eigenvalue weighted by molar-refractivity contribution is 5.39. The van der Waals surface area contributed by atoms with Gasteiger partial charge < -0.3 is 9.84 Å². The lowest BCUT2D eigenvalue weighted by Gasteiger charge is -2.07. The predicted octanol–water partition coefficient (Wildman–Crippen LogP) is 0.666. The van der Waals surface area contributed by atoms with E-state index >= 15 is 0 Å². The van der Waals surface area contributed by atoms with Crippen molar-refractivity contribution in [1.82, 2.24) is 9.78 Å². The van der Waals surface area contributed by atoms with Crippen molar-refractivity contribution in [3.8, 4) is 17.6 Å². The van der Waals surface area contributed by atoms with Crippen molar-refractivity contribution >= 4 is 0 Å². The van der Waals surface area contributed by atoms with Crippen molar-refractivity contribution in [3.63, 3.8) is 0 Å². The largest absolute Gasteiger partial charge is 0.492 e. The molecule has 5 nitrogen and oxygen atoms in total. The maximum Gasteiger partial charge on any atom is 0.266 e. The third-order valence-electron chi connectivity index (χ3n) is 2.50. The minimum Gasteiger partial charge on any atom is -0.492 e. The summed E-state index contributed by atoms with van der Waals surface area (Å²) in [6, 6.07) is 10.3. The molecule has 20 heavy (non-hydrogen) atoms. The van der Waals surface area contributed by atoms with Gasteiger partial charge in [-0.05, 0) is 24.3 Å². The van der Waals surface area contributed by atoms with Gasteiger partial charge in [0.1, 0.15) is 19.0 Å². The highest BCUT2D eigenvalue weighted by atomic mass is 16.5. The lowest BCUT2D eigenvalue weighted by Crippen LogP contribution is -2.24. The molecular formula is C15H14N2O3. The minimum atomic E-state index is -0.173. The van der Waals surface area contributed by atoms with Crippen LogP contribution in [-0.2, 0) is 6.54 Å². The van der Waals surface area contributed by atoms with E-state index in [1.165, 1.54) is 10.7 Å². The summed E-state index contributed by atoms with van der Waals surface area (Å²) >= 11 is 0. The van der Waals surface area contributed by atoms with E-state index < -0.39 is 0 Å². The SMILES string of the molecule is O=c1cccnn1CCOc1cccc(C#CCO)c1. The first kappa shape index (κ1) is 13.8. The summed E-state index contributed by atoms with van der Waals surface area (Å²) in [5.41, 5.74) is 0.616. The number of ether oxygens (including phenoxy) is 1. The summed E-state index contributed by atoms with van der Waals surface area (Å²) in [6.45, 7) is 0.549. The molecule has 0 aliphatic rings. The van der Waals surface area contributed by atoms with E-state index in [-0.39, 0.29) is 12.2 Å². The topological polar surface area (TPSA) is 64.4 Å². The predicted molar refractivity (Wildman–Crippen MR) is 74.4 cm³/mol. The molecule has 0 unspecified atom stereocenters. The second-order valence-corrected chi connectivity index (χ2v) is 3.92. The van der Waals surface area contributed by atoms with Gasteiger partial charge in [-0.25, -0.2) is 4.68 Å². The zero-order valence-electron chi connectivity index (χ0n) is 10.8. The average Bonchev–Trinajstić information content (AvgIpc) is 2.48. The molecule has 2 aromatic rings. The van der Waals surface area contributed by atoms with Crippen LogP contribution in [0.15, 0.2) is 47.4 Å². The summed E-state index contributed by atoms with van der Waals surface area (Å²) in [4.78, 5) is 11.4. The fourth-order valence-electron chi connectivity index (χ4n) is 1.61. The molecule has 0 radical (unpaired) electrons. The van der Waals surface area contributed by atoms with Crippen molar-refractivity contribution in [3.05, 3.63) is 58.5 Å². The van der Waals surface area contributed by atoms with Crippen molar-refractivity contribution < 1.29 is 9.84 Å². The molecule has 5 heteroatoms. The van der Waals surface area contributed by atoms with Gasteiger partial charge in [0, 0.05) is 17.8 Å². The standard InChI is InChI=1S/C15H14N2O3/c18-10-3-5-13-4-1-6-14(12-13)20-11-9-17-15(19)7-2-8-16-17/h1-2,4,6-8,12,18H,9-11H2. The monoisotopic (exact) mass is 270 g/mol. The molecule has 1 N–H and O–H groups in total. The van der Waals surface area contributed by atoms with E-state index in [0.29, 0.717) is 18.9 Å². The first-order valence-electron chi connectivity index (χ1n) is 6.14. The Morgan fingerprint density at radius 1 is 1.30 bits per heavy atom. The van der Waals surface area contributed by atoms with Crippen LogP contribution < -0.4 is 10.3 Å². The van der Waals surface area contributed by atoms with Gasteiger partial charge in [-0.15, -0.1) is 0 Å². The van der Waals surface area contributed by atoms with Gasteiger partial charge in [-0.1, -0.05) is 17.9 Å². The molecule has 0 spiro atoms. The van der Waals surface area contributed by atoms with Gasteiger partial charge in [-0.2, -0.15) is 5.10 Å².